The summed E-state index contributed by atoms with van der Waals surface area (Å²) in [6.45, 7) is 3.59. The minimum Gasteiger partial charge on any atom is -0.464 e. The third-order valence-corrected chi connectivity index (χ3v) is 4.18. The van der Waals surface area contributed by atoms with Crippen molar-refractivity contribution in [1.29, 1.82) is 0 Å². The molecule has 0 saturated carbocycles. The number of methoxy groups -OCH3 is 1. The zero-order valence-electron chi connectivity index (χ0n) is 11.1. The maximum absolute atomic E-state index is 13.4. The van der Waals surface area contributed by atoms with Gasteiger partial charge in [-0.2, -0.15) is 0 Å². The molecule has 1 aromatic carbocycles. The van der Waals surface area contributed by atoms with Crippen LogP contribution in [0.2, 0.25) is 0 Å². The van der Waals surface area contributed by atoms with E-state index in [2.05, 4.69) is 31.0 Å². The highest BCUT2D eigenvalue weighted by atomic mass is 79.9. The number of nitrogens with zero attached hydrogens (tertiary/aromatic N) is 1. The number of hydrogen-bond donors (Lipinski definition) is 1. The number of carbonyl (C=O) groups excluding carboxylic acids is 1. The average molecular weight is 359 g/mol. The second-order valence-electron chi connectivity index (χ2n) is 4.12. The van der Waals surface area contributed by atoms with Crippen LogP contribution in [0, 0.1) is 19.7 Å². The lowest BCUT2D eigenvalue weighted by Gasteiger charge is -2.07. The molecule has 0 unspecified atom stereocenters. The van der Waals surface area contributed by atoms with Crippen molar-refractivity contribution in [2.75, 3.05) is 12.4 Å². The average Bonchev–Trinajstić information content (AvgIpc) is 2.76. The van der Waals surface area contributed by atoms with E-state index in [9.17, 15) is 9.18 Å². The highest BCUT2D eigenvalue weighted by molar-refractivity contribution is 9.10. The first-order valence-electron chi connectivity index (χ1n) is 5.70. The summed E-state index contributed by atoms with van der Waals surface area (Å²) in [5, 5.41) is 3.64. The van der Waals surface area contributed by atoms with Gasteiger partial charge in [0.1, 0.15) is 5.82 Å². The first kappa shape index (κ1) is 14.9. The number of anilines is 2. The number of nitrogens with one attached hydrogen (secondary N) is 1. The van der Waals surface area contributed by atoms with Crippen LogP contribution in [-0.2, 0) is 4.74 Å². The molecular weight excluding hydrogens is 347 g/mol. The van der Waals surface area contributed by atoms with Gasteiger partial charge in [0, 0.05) is 10.6 Å². The van der Waals surface area contributed by atoms with E-state index >= 15 is 0 Å². The van der Waals surface area contributed by atoms with Gasteiger partial charge in [-0.3, -0.25) is 0 Å². The van der Waals surface area contributed by atoms with Crippen molar-refractivity contribution >= 4 is 44.1 Å². The van der Waals surface area contributed by atoms with E-state index in [1.165, 1.54) is 24.5 Å². The molecule has 0 aliphatic carbocycles. The predicted octanol–water partition coefficient (Wildman–Crippen LogP) is 4.19. The maximum Gasteiger partial charge on any atom is 0.357 e. The molecule has 1 heterocycles. The SMILES string of the molecule is COC(=O)c1nc(Nc2cc(Br)c(F)cc2C)sc1C. The summed E-state index contributed by atoms with van der Waals surface area (Å²) in [4.78, 5) is 16.5. The Morgan fingerprint density at radius 1 is 1.45 bits per heavy atom. The Bertz CT molecular complexity index is 673. The fourth-order valence-electron chi connectivity index (χ4n) is 1.63. The summed E-state index contributed by atoms with van der Waals surface area (Å²) in [6, 6.07) is 3.06. The Morgan fingerprint density at radius 2 is 2.15 bits per heavy atom. The number of thiazole rings is 1. The summed E-state index contributed by atoms with van der Waals surface area (Å²) >= 11 is 4.48. The largest absolute Gasteiger partial charge is 0.464 e. The number of aromatic nitrogens is 1. The molecule has 0 saturated heterocycles. The first-order chi connectivity index (χ1) is 9.42. The van der Waals surface area contributed by atoms with Crippen molar-refractivity contribution in [3.05, 3.63) is 38.6 Å². The Labute approximate surface area is 128 Å². The molecule has 0 atom stereocenters. The van der Waals surface area contributed by atoms with Crippen LogP contribution < -0.4 is 5.32 Å². The van der Waals surface area contributed by atoms with Gasteiger partial charge in [0.25, 0.3) is 0 Å². The monoisotopic (exact) mass is 358 g/mol. The van der Waals surface area contributed by atoms with Crippen molar-refractivity contribution in [1.82, 2.24) is 4.98 Å². The molecule has 0 fully saturated rings. The molecule has 0 radical (unpaired) electrons. The van der Waals surface area contributed by atoms with Gasteiger partial charge in [0.15, 0.2) is 10.8 Å². The Kier molecular flexibility index (Phi) is 4.39. The lowest BCUT2D eigenvalue weighted by atomic mass is 10.2. The molecule has 0 amide bonds. The van der Waals surface area contributed by atoms with E-state index in [-0.39, 0.29) is 5.82 Å². The van der Waals surface area contributed by atoms with Gasteiger partial charge in [-0.05, 0) is 47.5 Å². The summed E-state index contributed by atoms with van der Waals surface area (Å²) in [7, 11) is 1.31. The number of hydrogen-bond acceptors (Lipinski definition) is 5. The Hall–Kier alpha value is -1.47. The molecule has 0 spiro atoms. The molecule has 20 heavy (non-hydrogen) atoms. The number of aryl methyl sites for hydroxylation is 2. The van der Waals surface area contributed by atoms with Gasteiger partial charge in [-0.1, -0.05) is 0 Å². The van der Waals surface area contributed by atoms with Crippen molar-refractivity contribution in [3.8, 4) is 0 Å². The predicted molar refractivity (Wildman–Crippen MR) is 80.3 cm³/mol. The third-order valence-electron chi connectivity index (χ3n) is 2.68. The van der Waals surface area contributed by atoms with Gasteiger partial charge < -0.3 is 10.1 Å². The van der Waals surface area contributed by atoms with Crippen molar-refractivity contribution in [3.63, 3.8) is 0 Å². The summed E-state index contributed by atoms with van der Waals surface area (Å²) in [5.41, 5.74) is 1.76. The van der Waals surface area contributed by atoms with E-state index in [4.69, 9.17) is 0 Å². The van der Waals surface area contributed by atoms with E-state index in [0.29, 0.717) is 15.3 Å². The molecule has 2 aromatic rings. The fraction of sp³-hybridized carbons (Fsp3) is 0.231. The van der Waals surface area contributed by atoms with Gasteiger partial charge in [0.05, 0.1) is 11.6 Å². The summed E-state index contributed by atoms with van der Waals surface area (Å²) in [5.74, 6) is -0.789. The molecule has 0 bridgehead atoms. The van der Waals surface area contributed by atoms with E-state index in [1.807, 2.05) is 0 Å². The Morgan fingerprint density at radius 3 is 2.80 bits per heavy atom. The first-order valence-corrected chi connectivity index (χ1v) is 7.31. The highest BCUT2D eigenvalue weighted by Gasteiger charge is 2.16. The van der Waals surface area contributed by atoms with Crippen LogP contribution in [0.5, 0.6) is 0 Å². The van der Waals surface area contributed by atoms with Crippen LogP contribution >= 0.6 is 27.3 Å². The van der Waals surface area contributed by atoms with Crippen molar-refractivity contribution in [2.45, 2.75) is 13.8 Å². The van der Waals surface area contributed by atoms with Crippen LogP contribution in [0.15, 0.2) is 16.6 Å². The van der Waals surface area contributed by atoms with E-state index < -0.39 is 5.97 Å². The number of esters is 1. The second-order valence-corrected chi connectivity index (χ2v) is 6.18. The zero-order valence-corrected chi connectivity index (χ0v) is 13.5. The number of rotatable bonds is 3. The minimum absolute atomic E-state index is 0.291. The van der Waals surface area contributed by atoms with Gasteiger partial charge >= 0.3 is 5.97 Å². The van der Waals surface area contributed by atoms with Crippen molar-refractivity contribution in [2.24, 2.45) is 0 Å². The summed E-state index contributed by atoms with van der Waals surface area (Å²) in [6.07, 6.45) is 0. The zero-order chi connectivity index (χ0) is 14.9. The van der Waals surface area contributed by atoms with Crippen molar-refractivity contribution < 1.29 is 13.9 Å². The highest BCUT2D eigenvalue weighted by Crippen LogP contribution is 2.30. The van der Waals surface area contributed by atoms with Crippen LogP contribution in [0.25, 0.3) is 0 Å². The molecule has 7 heteroatoms. The smallest absolute Gasteiger partial charge is 0.357 e. The van der Waals surface area contributed by atoms with Crippen LogP contribution in [0.3, 0.4) is 0 Å². The summed E-state index contributed by atoms with van der Waals surface area (Å²) < 4.78 is 18.4. The van der Waals surface area contributed by atoms with Crippen LogP contribution in [0.4, 0.5) is 15.2 Å². The van der Waals surface area contributed by atoms with Gasteiger partial charge in [-0.25, -0.2) is 14.2 Å². The molecule has 1 N–H and O–H groups in total. The normalized spacial score (nSPS) is 10.4. The van der Waals surface area contributed by atoms with Gasteiger partial charge in [0.2, 0.25) is 0 Å². The van der Waals surface area contributed by atoms with Gasteiger partial charge in [-0.15, -0.1) is 11.3 Å². The van der Waals surface area contributed by atoms with Crippen LogP contribution in [0.1, 0.15) is 20.9 Å². The standard InChI is InChI=1S/C13H12BrFN2O2S/c1-6-4-9(15)8(14)5-10(6)16-13-17-11(7(2)20-13)12(18)19-3/h4-5H,1-3H3,(H,16,17). The third kappa shape index (κ3) is 2.99. The van der Waals surface area contributed by atoms with Crippen LogP contribution in [-0.4, -0.2) is 18.1 Å². The molecule has 1 aromatic heterocycles. The molecule has 106 valence electrons. The fourth-order valence-corrected chi connectivity index (χ4v) is 2.79. The maximum atomic E-state index is 13.4. The molecule has 0 aliphatic rings. The number of carbonyl (C=O) groups is 1. The lowest BCUT2D eigenvalue weighted by molar-refractivity contribution is 0.0594. The molecular formula is C13H12BrFN2O2S. The minimum atomic E-state index is -0.469. The van der Waals surface area contributed by atoms with E-state index in [0.717, 1.165) is 16.1 Å². The number of halogens is 2. The number of benzene rings is 1. The molecule has 4 nitrogen and oxygen atoms in total. The Balaban J connectivity index is 2.31. The molecule has 2 rings (SSSR count). The quantitative estimate of drug-likeness (QED) is 0.835. The lowest BCUT2D eigenvalue weighted by Crippen LogP contribution is -2.03. The molecule has 0 aliphatic heterocycles. The number of ether oxygens (including phenoxy) is 1. The second kappa shape index (κ2) is 5.88. The topological polar surface area (TPSA) is 51.2 Å². The van der Waals surface area contributed by atoms with E-state index in [1.54, 1.807) is 19.9 Å².